The minimum absolute atomic E-state index is 0. The van der Waals surface area contributed by atoms with E-state index in [0.717, 1.165) is 12.2 Å². The van der Waals surface area contributed by atoms with Crippen molar-refractivity contribution >= 4 is 13.5 Å². The molecule has 0 saturated heterocycles. The van der Waals surface area contributed by atoms with E-state index in [0.29, 0.717) is 5.69 Å². The molecule has 0 aliphatic heterocycles. The number of nitrogens with zero attached hydrogens (tertiary/aromatic N) is 1. The van der Waals surface area contributed by atoms with Crippen molar-refractivity contribution in [1.82, 2.24) is 9.97 Å². The van der Waals surface area contributed by atoms with Gasteiger partial charge in [0, 0.05) is 27.2 Å². The molecule has 1 atom stereocenters. The SMILES string of the molecule is COC(OC)(OC)c1cnc([C@@H](C)Cc2ccccc2)[nH]1.S. The lowest BCUT2D eigenvalue weighted by Crippen LogP contribution is -2.33. The van der Waals surface area contributed by atoms with E-state index in [4.69, 9.17) is 14.2 Å². The van der Waals surface area contributed by atoms with E-state index in [1.807, 2.05) is 18.2 Å². The third-order valence-corrected chi connectivity index (χ3v) is 3.58. The zero-order valence-electron chi connectivity index (χ0n) is 13.4. The van der Waals surface area contributed by atoms with Crippen molar-refractivity contribution in [2.75, 3.05) is 21.3 Å². The van der Waals surface area contributed by atoms with Crippen molar-refractivity contribution in [2.45, 2.75) is 25.2 Å². The minimum atomic E-state index is -1.24. The summed E-state index contributed by atoms with van der Waals surface area (Å²) in [7, 11) is 4.59. The van der Waals surface area contributed by atoms with E-state index < -0.39 is 5.97 Å². The quantitative estimate of drug-likeness (QED) is 0.796. The Labute approximate surface area is 138 Å². The molecule has 0 fully saturated rings. The molecular formula is C16H24N2O3S. The number of benzene rings is 1. The first kappa shape index (κ1) is 18.7. The van der Waals surface area contributed by atoms with Crippen LogP contribution in [0, 0.1) is 0 Å². The summed E-state index contributed by atoms with van der Waals surface area (Å²) in [5.41, 5.74) is 1.92. The molecule has 0 aliphatic rings. The summed E-state index contributed by atoms with van der Waals surface area (Å²) in [4.78, 5) is 7.67. The second-order valence-electron chi connectivity index (χ2n) is 4.94. The number of aromatic nitrogens is 2. The van der Waals surface area contributed by atoms with Crippen molar-refractivity contribution in [3.8, 4) is 0 Å². The summed E-state index contributed by atoms with van der Waals surface area (Å²) >= 11 is 0. The highest BCUT2D eigenvalue weighted by atomic mass is 32.1. The maximum atomic E-state index is 5.32. The Hall–Kier alpha value is -1.34. The van der Waals surface area contributed by atoms with Gasteiger partial charge in [-0.3, -0.25) is 0 Å². The molecule has 122 valence electrons. The number of hydrogen-bond acceptors (Lipinski definition) is 4. The minimum Gasteiger partial charge on any atom is -0.339 e. The fraction of sp³-hybridized carbons (Fsp3) is 0.438. The molecule has 0 unspecified atom stereocenters. The van der Waals surface area contributed by atoms with E-state index in [-0.39, 0.29) is 19.4 Å². The first-order valence-corrected chi connectivity index (χ1v) is 6.90. The fourth-order valence-corrected chi connectivity index (χ4v) is 2.39. The van der Waals surface area contributed by atoms with E-state index >= 15 is 0 Å². The number of aromatic amines is 1. The topological polar surface area (TPSA) is 56.4 Å². The van der Waals surface area contributed by atoms with Crippen molar-refractivity contribution in [3.05, 3.63) is 53.6 Å². The smallest absolute Gasteiger partial charge is 0.328 e. The maximum absolute atomic E-state index is 5.32. The molecule has 1 aromatic carbocycles. The summed E-state index contributed by atoms with van der Waals surface area (Å²) < 4.78 is 16.0. The van der Waals surface area contributed by atoms with Crippen molar-refractivity contribution in [1.29, 1.82) is 0 Å². The normalized spacial score (nSPS) is 12.7. The van der Waals surface area contributed by atoms with Crippen LogP contribution in [0.2, 0.25) is 0 Å². The van der Waals surface area contributed by atoms with Crippen LogP contribution in [0.1, 0.15) is 29.9 Å². The highest BCUT2D eigenvalue weighted by Crippen LogP contribution is 2.27. The largest absolute Gasteiger partial charge is 0.339 e. The Morgan fingerprint density at radius 1 is 1.09 bits per heavy atom. The van der Waals surface area contributed by atoms with Gasteiger partial charge in [-0.2, -0.15) is 13.5 Å². The maximum Gasteiger partial charge on any atom is 0.328 e. The monoisotopic (exact) mass is 324 g/mol. The molecule has 0 radical (unpaired) electrons. The molecule has 1 N–H and O–H groups in total. The molecular weight excluding hydrogens is 300 g/mol. The average molecular weight is 324 g/mol. The number of nitrogens with one attached hydrogen (secondary N) is 1. The summed E-state index contributed by atoms with van der Waals surface area (Å²) in [5.74, 6) is -0.105. The molecule has 1 heterocycles. The molecule has 6 heteroatoms. The second kappa shape index (κ2) is 8.33. The highest BCUT2D eigenvalue weighted by molar-refractivity contribution is 7.59. The lowest BCUT2D eigenvalue weighted by Gasteiger charge is -2.26. The molecule has 0 aliphatic carbocycles. The van der Waals surface area contributed by atoms with E-state index in [1.165, 1.54) is 26.9 Å². The first-order valence-electron chi connectivity index (χ1n) is 6.90. The van der Waals surface area contributed by atoms with Gasteiger partial charge in [-0.15, -0.1) is 0 Å². The molecule has 0 amide bonds. The fourth-order valence-electron chi connectivity index (χ4n) is 2.39. The summed E-state index contributed by atoms with van der Waals surface area (Å²) in [6.07, 6.45) is 2.60. The van der Waals surface area contributed by atoms with Crippen LogP contribution in [-0.4, -0.2) is 31.3 Å². The van der Waals surface area contributed by atoms with Crippen molar-refractivity contribution in [2.24, 2.45) is 0 Å². The van der Waals surface area contributed by atoms with E-state index in [1.54, 1.807) is 6.20 Å². The number of rotatable bonds is 7. The summed E-state index contributed by atoms with van der Waals surface area (Å²) in [6, 6.07) is 10.3. The van der Waals surface area contributed by atoms with Gasteiger partial charge in [0.05, 0.1) is 6.20 Å². The van der Waals surface area contributed by atoms with Crippen LogP contribution in [0.4, 0.5) is 0 Å². The van der Waals surface area contributed by atoms with Gasteiger partial charge in [-0.1, -0.05) is 37.3 Å². The van der Waals surface area contributed by atoms with Gasteiger partial charge >= 0.3 is 5.97 Å². The van der Waals surface area contributed by atoms with Crippen LogP contribution < -0.4 is 0 Å². The Bertz CT molecular complexity index is 547. The Kier molecular flexibility index (Phi) is 7.09. The third-order valence-electron chi connectivity index (χ3n) is 3.58. The molecule has 2 rings (SSSR count). The zero-order chi connectivity index (χ0) is 15.3. The molecule has 0 saturated carbocycles. The zero-order valence-corrected chi connectivity index (χ0v) is 14.4. The van der Waals surface area contributed by atoms with Gasteiger partial charge in [0.15, 0.2) is 0 Å². The van der Waals surface area contributed by atoms with E-state index in [2.05, 4.69) is 29.0 Å². The predicted molar refractivity (Wildman–Crippen MR) is 90.2 cm³/mol. The van der Waals surface area contributed by atoms with Gasteiger partial charge in [0.25, 0.3) is 0 Å². The first-order chi connectivity index (χ1) is 10.1. The molecule has 0 bridgehead atoms. The number of hydrogen-bond donors (Lipinski definition) is 1. The second-order valence-corrected chi connectivity index (χ2v) is 4.94. The number of imidazole rings is 1. The van der Waals surface area contributed by atoms with Crippen LogP contribution >= 0.6 is 13.5 Å². The Morgan fingerprint density at radius 3 is 2.23 bits per heavy atom. The average Bonchev–Trinajstić information content (AvgIpc) is 3.01. The lowest BCUT2D eigenvalue weighted by molar-refractivity contribution is -0.366. The number of H-pyrrole nitrogens is 1. The molecule has 2 aromatic rings. The van der Waals surface area contributed by atoms with Crippen LogP contribution in [0.5, 0.6) is 0 Å². The summed E-state index contributed by atoms with van der Waals surface area (Å²) in [5, 5.41) is 0. The molecule has 5 nitrogen and oxygen atoms in total. The van der Waals surface area contributed by atoms with Gasteiger partial charge in [0.1, 0.15) is 11.5 Å². The van der Waals surface area contributed by atoms with Crippen LogP contribution in [0.25, 0.3) is 0 Å². The van der Waals surface area contributed by atoms with Gasteiger partial charge in [-0.25, -0.2) is 4.98 Å². The van der Waals surface area contributed by atoms with Gasteiger partial charge < -0.3 is 19.2 Å². The van der Waals surface area contributed by atoms with Gasteiger partial charge in [-0.05, 0) is 12.0 Å². The standard InChI is InChI=1S/C16H22N2O3.H2S/c1-12(10-13-8-6-5-7-9-13)15-17-11-14(18-15)16(19-2,20-3)21-4;/h5-9,11-12H,10H2,1-4H3,(H,17,18);1H2/t12-;/m0./s1. The molecule has 1 aromatic heterocycles. The predicted octanol–water partition coefficient (Wildman–Crippen LogP) is 2.92. The number of ether oxygens (including phenoxy) is 3. The highest BCUT2D eigenvalue weighted by Gasteiger charge is 2.35. The summed E-state index contributed by atoms with van der Waals surface area (Å²) in [6.45, 7) is 2.13. The number of methoxy groups -OCH3 is 3. The lowest BCUT2D eigenvalue weighted by atomic mass is 10.0. The van der Waals surface area contributed by atoms with Crippen LogP contribution in [0.3, 0.4) is 0 Å². The third kappa shape index (κ3) is 3.89. The Morgan fingerprint density at radius 2 is 1.68 bits per heavy atom. The van der Waals surface area contributed by atoms with Gasteiger partial charge in [0.2, 0.25) is 0 Å². The molecule has 22 heavy (non-hydrogen) atoms. The molecule has 0 spiro atoms. The van der Waals surface area contributed by atoms with Crippen LogP contribution in [-0.2, 0) is 26.6 Å². The Balaban J connectivity index is 0.00000242. The van der Waals surface area contributed by atoms with E-state index in [9.17, 15) is 0 Å². The van der Waals surface area contributed by atoms with Crippen LogP contribution in [0.15, 0.2) is 36.5 Å². The van der Waals surface area contributed by atoms with Crippen molar-refractivity contribution in [3.63, 3.8) is 0 Å². The van der Waals surface area contributed by atoms with Crippen molar-refractivity contribution < 1.29 is 14.2 Å².